The summed E-state index contributed by atoms with van der Waals surface area (Å²) in [7, 11) is 3.11. The standard InChI is InChI=1S/C19H22N2O4/c1-13-7-5-9-16(11-13)21-19(22)14(2)25-20-12-15-8-6-10-17(23-3)18(15)24-4/h5-12,14H,1-4H3,(H,21,22)/b20-12-/t14-/m1/s1. The molecule has 0 heterocycles. The molecule has 2 aromatic carbocycles. The van der Waals surface area contributed by atoms with Crippen LogP contribution in [-0.4, -0.2) is 32.4 Å². The monoisotopic (exact) mass is 342 g/mol. The smallest absolute Gasteiger partial charge is 0.267 e. The van der Waals surface area contributed by atoms with Gasteiger partial charge in [-0.25, -0.2) is 0 Å². The number of carbonyl (C=O) groups excluding carboxylic acids is 1. The third kappa shape index (κ3) is 4.97. The van der Waals surface area contributed by atoms with Crippen LogP contribution in [0.1, 0.15) is 18.1 Å². The van der Waals surface area contributed by atoms with Crippen LogP contribution >= 0.6 is 0 Å². The number of anilines is 1. The van der Waals surface area contributed by atoms with Crippen molar-refractivity contribution in [2.24, 2.45) is 5.16 Å². The van der Waals surface area contributed by atoms with Crippen LogP contribution in [0.15, 0.2) is 47.6 Å². The highest BCUT2D eigenvalue weighted by Gasteiger charge is 2.14. The second-order valence-electron chi connectivity index (χ2n) is 5.42. The van der Waals surface area contributed by atoms with Gasteiger partial charge in [0.1, 0.15) is 0 Å². The Morgan fingerprint density at radius 2 is 1.92 bits per heavy atom. The van der Waals surface area contributed by atoms with E-state index in [9.17, 15) is 4.79 Å². The van der Waals surface area contributed by atoms with Crippen molar-refractivity contribution in [3.05, 3.63) is 53.6 Å². The Balaban J connectivity index is 1.98. The summed E-state index contributed by atoms with van der Waals surface area (Å²) >= 11 is 0. The van der Waals surface area contributed by atoms with Crippen molar-refractivity contribution in [3.63, 3.8) is 0 Å². The topological polar surface area (TPSA) is 69.2 Å². The number of hydrogen-bond acceptors (Lipinski definition) is 5. The van der Waals surface area contributed by atoms with Crippen LogP contribution in [0, 0.1) is 6.92 Å². The number of para-hydroxylation sites is 1. The van der Waals surface area contributed by atoms with Gasteiger partial charge >= 0.3 is 0 Å². The van der Waals surface area contributed by atoms with Gasteiger partial charge in [0.15, 0.2) is 11.5 Å². The summed E-state index contributed by atoms with van der Waals surface area (Å²) in [4.78, 5) is 17.4. The lowest BCUT2D eigenvalue weighted by molar-refractivity contribution is -0.126. The minimum atomic E-state index is -0.742. The van der Waals surface area contributed by atoms with Gasteiger partial charge in [-0.1, -0.05) is 23.4 Å². The molecule has 25 heavy (non-hydrogen) atoms. The first kappa shape index (κ1) is 18.3. The number of carbonyl (C=O) groups is 1. The summed E-state index contributed by atoms with van der Waals surface area (Å²) in [5.41, 5.74) is 2.47. The summed E-state index contributed by atoms with van der Waals surface area (Å²) in [5, 5.41) is 6.67. The summed E-state index contributed by atoms with van der Waals surface area (Å²) in [5.74, 6) is 0.867. The molecule has 132 valence electrons. The lowest BCUT2D eigenvalue weighted by Crippen LogP contribution is -2.26. The van der Waals surface area contributed by atoms with Crippen molar-refractivity contribution in [1.29, 1.82) is 0 Å². The third-order valence-electron chi connectivity index (χ3n) is 3.50. The van der Waals surface area contributed by atoms with Gasteiger partial charge in [-0.15, -0.1) is 0 Å². The predicted molar refractivity (Wildman–Crippen MR) is 97.5 cm³/mol. The van der Waals surface area contributed by atoms with Gasteiger partial charge in [0.25, 0.3) is 5.91 Å². The van der Waals surface area contributed by atoms with Crippen LogP contribution in [0.25, 0.3) is 0 Å². The predicted octanol–water partition coefficient (Wildman–Crippen LogP) is 3.39. The molecule has 6 heteroatoms. The Labute approximate surface area is 147 Å². The molecule has 0 radical (unpaired) electrons. The number of hydrogen-bond donors (Lipinski definition) is 1. The molecule has 0 unspecified atom stereocenters. The van der Waals surface area contributed by atoms with E-state index in [4.69, 9.17) is 14.3 Å². The maximum atomic E-state index is 12.1. The first-order chi connectivity index (χ1) is 12.0. The largest absolute Gasteiger partial charge is 0.493 e. The number of amides is 1. The summed E-state index contributed by atoms with van der Waals surface area (Å²) < 4.78 is 10.5. The number of benzene rings is 2. The van der Waals surface area contributed by atoms with E-state index in [1.165, 1.54) is 6.21 Å². The molecular formula is C19H22N2O4. The Morgan fingerprint density at radius 1 is 1.16 bits per heavy atom. The number of nitrogens with one attached hydrogen (secondary N) is 1. The number of methoxy groups -OCH3 is 2. The Bertz CT molecular complexity index is 759. The van der Waals surface area contributed by atoms with Crippen LogP contribution in [0.4, 0.5) is 5.69 Å². The molecular weight excluding hydrogens is 320 g/mol. The third-order valence-corrected chi connectivity index (χ3v) is 3.50. The summed E-state index contributed by atoms with van der Waals surface area (Å²) in [6.07, 6.45) is 0.742. The van der Waals surface area contributed by atoms with E-state index in [0.29, 0.717) is 17.1 Å². The molecule has 0 fully saturated rings. The number of oxime groups is 1. The van der Waals surface area contributed by atoms with Crippen LogP contribution in [0.3, 0.4) is 0 Å². The first-order valence-electron chi connectivity index (χ1n) is 7.83. The molecule has 0 bridgehead atoms. The highest BCUT2D eigenvalue weighted by atomic mass is 16.6. The van der Waals surface area contributed by atoms with Gasteiger partial charge in [0.05, 0.1) is 20.4 Å². The second-order valence-corrected chi connectivity index (χ2v) is 5.42. The zero-order chi connectivity index (χ0) is 18.2. The van der Waals surface area contributed by atoms with Crippen molar-refractivity contribution in [3.8, 4) is 11.5 Å². The highest BCUT2D eigenvalue weighted by Crippen LogP contribution is 2.29. The number of rotatable bonds is 7. The van der Waals surface area contributed by atoms with Crippen LogP contribution in [-0.2, 0) is 9.63 Å². The molecule has 0 saturated carbocycles. The lowest BCUT2D eigenvalue weighted by atomic mass is 10.2. The van der Waals surface area contributed by atoms with Gasteiger partial charge < -0.3 is 19.6 Å². The molecule has 2 aromatic rings. The van der Waals surface area contributed by atoms with Gasteiger partial charge in [-0.2, -0.15) is 0 Å². The number of aryl methyl sites for hydroxylation is 1. The zero-order valence-electron chi connectivity index (χ0n) is 14.8. The molecule has 1 N–H and O–H groups in total. The fraction of sp³-hybridized carbons (Fsp3) is 0.263. The number of nitrogens with zero attached hydrogens (tertiary/aromatic N) is 1. The normalized spacial score (nSPS) is 11.8. The maximum absolute atomic E-state index is 12.1. The van der Waals surface area contributed by atoms with Crippen molar-refractivity contribution < 1.29 is 19.1 Å². The fourth-order valence-electron chi connectivity index (χ4n) is 2.21. The minimum Gasteiger partial charge on any atom is -0.493 e. The van der Waals surface area contributed by atoms with Gasteiger partial charge in [0, 0.05) is 11.3 Å². The van der Waals surface area contributed by atoms with Crippen molar-refractivity contribution >= 4 is 17.8 Å². The Kier molecular flexibility index (Phi) is 6.39. The van der Waals surface area contributed by atoms with Crippen molar-refractivity contribution in [2.75, 3.05) is 19.5 Å². The Morgan fingerprint density at radius 3 is 2.60 bits per heavy atom. The molecule has 0 aliphatic carbocycles. The quantitative estimate of drug-likeness (QED) is 0.618. The maximum Gasteiger partial charge on any atom is 0.267 e. The van der Waals surface area contributed by atoms with Gasteiger partial charge in [0.2, 0.25) is 6.10 Å². The number of ether oxygens (including phenoxy) is 2. The zero-order valence-corrected chi connectivity index (χ0v) is 14.8. The van der Waals surface area contributed by atoms with E-state index in [1.807, 2.05) is 43.3 Å². The molecule has 0 aliphatic rings. The van der Waals surface area contributed by atoms with Crippen LogP contribution in [0.2, 0.25) is 0 Å². The minimum absolute atomic E-state index is 0.277. The molecule has 0 spiro atoms. The van der Waals surface area contributed by atoms with E-state index < -0.39 is 6.10 Å². The second kappa shape index (κ2) is 8.73. The van der Waals surface area contributed by atoms with Crippen LogP contribution < -0.4 is 14.8 Å². The average molecular weight is 342 g/mol. The highest BCUT2D eigenvalue weighted by molar-refractivity contribution is 5.94. The van der Waals surface area contributed by atoms with Gasteiger partial charge in [-0.3, -0.25) is 4.79 Å². The molecule has 1 atom stereocenters. The van der Waals surface area contributed by atoms with Gasteiger partial charge in [-0.05, 0) is 43.7 Å². The van der Waals surface area contributed by atoms with E-state index >= 15 is 0 Å². The van der Waals surface area contributed by atoms with E-state index in [-0.39, 0.29) is 5.91 Å². The fourth-order valence-corrected chi connectivity index (χ4v) is 2.21. The molecule has 6 nitrogen and oxygen atoms in total. The van der Waals surface area contributed by atoms with Crippen molar-refractivity contribution in [2.45, 2.75) is 20.0 Å². The molecule has 0 aromatic heterocycles. The summed E-state index contributed by atoms with van der Waals surface area (Å²) in [6, 6.07) is 13.0. The molecule has 2 rings (SSSR count). The summed E-state index contributed by atoms with van der Waals surface area (Å²) in [6.45, 7) is 3.59. The lowest BCUT2D eigenvalue weighted by Gasteiger charge is -2.12. The first-order valence-corrected chi connectivity index (χ1v) is 7.83. The SMILES string of the molecule is COc1cccc(/C=N\O[C@H](C)C(=O)Nc2cccc(C)c2)c1OC. The Hall–Kier alpha value is -3.02. The van der Waals surface area contributed by atoms with Crippen LogP contribution in [0.5, 0.6) is 11.5 Å². The molecule has 1 amide bonds. The molecule has 0 aliphatic heterocycles. The van der Waals surface area contributed by atoms with E-state index in [0.717, 1.165) is 11.3 Å². The van der Waals surface area contributed by atoms with E-state index in [2.05, 4.69) is 10.5 Å². The average Bonchev–Trinajstić information content (AvgIpc) is 2.61. The van der Waals surface area contributed by atoms with Crippen molar-refractivity contribution in [1.82, 2.24) is 0 Å². The van der Waals surface area contributed by atoms with E-state index in [1.54, 1.807) is 27.2 Å². The molecule has 0 saturated heterocycles.